The van der Waals surface area contributed by atoms with E-state index in [4.69, 9.17) is 23.2 Å². The molecule has 162 valence electrons. The van der Waals surface area contributed by atoms with E-state index in [9.17, 15) is 17.2 Å². The second kappa shape index (κ2) is 8.66. The van der Waals surface area contributed by atoms with Gasteiger partial charge < -0.3 is 4.90 Å². The molecule has 0 unspecified atom stereocenters. The fourth-order valence-corrected chi connectivity index (χ4v) is 5.29. The zero-order valence-corrected chi connectivity index (χ0v) is 18.3. The van der Waals surface area contributed by atoms with Crippen molar-refractivity contribution in [1.82, 2.24) is 14.5 Å². The molecule has 0 N–H and O–H groups in total. The molecule has 0 bridgehead atoms. The second-order valence-electron chi connectivity index (χ2n) is 6.87. The van der Waals surface area contributed by atoms with Gasteiger partial charge in [0, 0.05) is 42.8 Å². The summed E-state index contributed by atoms with van der Waals surface area (Å²) in [5.74, 6) is -1.35. The second-order valence-corrected chi connectivity index (χ2v) is 9.62. The normalized spacial score (nSPS) is 15.3. The van der Waals surface area contributed by atoms with Crippen LogP contribution in [0.2, 0.25) is 10.0 Å². The molecule has 3 aromatic rings. The number of hydrogen-bond acceptors (Lipinski definition) is 5. The summed E-state index contributed by atoms with van der Waals surface area (Å²) in [6, 6.07) is 11.1. The lowest BCUT2D eigenvalue weighted by molar-refractivity contribution is 0.381. The highest BCUT2D eigenvalue weighted by molar-refractivity contribution is 7.89. The van der Waals surface area contributed by atoms with E-state index in [0.29, 0.717) is 46.3 Å². The van der Waals surface area contributed by atoms with Crippen LogP contribution in [-0.2, 0) is 10.0 Å². The molecule has 31 heavy (non-hydrogen) atoms. The predicted octanol–water partition coefficient (Wildman–Crippen LogP) is 4.24. The van der Waals surface area contributed by atoms with Crippen LogP contribution in [0.1, 0.15) is 0 Å². The third kappa shape index (κ3) is 4.50. The number of halogens is 4. The van der Waals surface area contributed by atoms with Crippen molar-refractivity contribution in [1.29, 1.82) is 0 Å². The smallest absolute Gasteiger partial charge is 0.246 e. The molecule has 1 saturated heterocycles. The van der Waals surface area contributed by atoms with Gasteiger partial charge >= 0.3 is 0 Å². The average Bonchev–Trinajstić information content (AvgIpc) is 2.74. The van der Waals surface area contributed by atoms with Crippen LogP contribution in [0.25, 0.3) is 11.3 Å². The van der Waals surface area contributed by atoms with E-state index in [2.05, 4.69) is 10.2 Å². The van der Waals surface area contributed by atoms with Crippen LogP contribution in [0.3, 0.4) is 0 Å². The van der Waals surface area contributed by atoms with Gasteiger partial charge in [-0.1, -0.05) is 23.2 Å². The minimum atomic E-state index is -4.06. The number of benzene rings is 2. The fourth-order valence-electron chi connectivity index (χ4n) is 3.32. The van der Waals surface area contributed by atoms with Crippen LogP contribution in [0.4, 0.5) is 14.6 Å². The van der Waals surface area contributed by atoms with Crippen LogP contribution < -0.4 is 4.90 Å². The van der Waals surface area contributed by atoms with Crippen LogP contribution in [0.5, 0.6) is 0 Å². The molecule has 0 aliphatic carbocycles. The number of rotatable bonds is 4. The Labute approximate surface area is 188 Å². The van der Waals surface area contributed by atoms with E-state index >= 15 is 0 Å². The van der Waals surface area contributed by atoms with Gasteiger partial charge in [-0.3, -0.25) is 0 Å². The number of aromatic nitrogens is 2. The van der Waals surface area contributed by atoms with Gasteiger partial charge in [0.15, 0.2) is 5.82 Å². The van der Waals surface area contributed by atoms with Gasteiger partial charge in [0.1, 0.15) is 16.5 Å². The van der Waals surface area contributed by atoms with Crippen molar-refractivity contribution in [3.8, 4) is 11.3 Å². The third-order valence-corrected chi connectivity index (χ3v) is 7.41. The molecule has 4 rings (SSSR count). The molecule has 0 radical (unpaired) electrons. The maximum atomic E-state index is 14.0. The van der Waals surface area contributed by atoms with E-state index in [1.807, 2.05) is 4.90 Å². The zero-order valence-electron chi connectivity index (χ0n) is 16.0. The Kier molecular flexibility index (Phi) is 6.11. The number of anilines is 1. The first-order valence-electron chi connectivity index (χ1n) is 9.25. The van der Waals surface area contributed by atoms with Gasteiger partial charge in [0.05, 0.1) is 10.7 Å². The predicted molar refractivity (Wildman–Crippen MR) is 115 cm³/mol. The molecule has 1 aromatic heterocycles. The van der Waals surface area contributed by atoms with Gasteiger partial charge in [0.2, 0.25) is 10.0 Å². The standard InChI is InChI=1S/C20H16Cl2F2N4O2S/c21-13-1-3-15(16(22)11-13)18-4-6-20(26-25-18)27-7-9-28(10-8-27)31(29,30)19-5-2-14(23)12-17(19)24/h1-6,11-12H,7-10H2. The number of piperazine rings is 1. The molecule has 1 aliphatic heterocycles. The number of nitrogens with zero attached hydrogens (tertiary/aromatic N) is 4. The van der Waals surface area contributed by atoms with Gasteiger partial charge in [-0.05, 0) is 42.5 Å². The van der Waals surface area contributed by atoms with Crippen LogP contribution in [0, 0.1) is 11.6 Å². The van der Waals surface area contributed by atoms with Crippen LogP contribution in [0.15, 0.2) is 53.4 Å². The van der Waals surface area contributed by atoms with Crippen molar-refractivity contribution in [3.63, 3.8) is 0 Å². The molecular formula is C20H16Cl2F2N4O2S. The summed E-state index contributed by atoms with van der Waals surface area (Å²) in [5.41, 5.74) is 1.28. The molecule has 2 aromatic carbocycles. The van der Waals surface area contributed by atoms with E-state index in [1.165, 1.54) is 4.31 Å². The highest BCUT2D eigenvalue weighted by atomic mass is 35.5. The molecule has 0 amide bonds. The summed E-state index contributed by atoms with van der Waals surface area (Å²) in [6.45, 7) is 0.951. The molecule has 0 spiro atoms. The minimum Gasteiger partial charge on any atom is -0.352 e. The minimum absolute atomic E-state index is 0.131. The topological polar surface area (TPSA) is 66.4 Å². The summed E-state index contributed by atoms with van der Waals surface area (Å²) in [4.78, 5) is 1.35. The third-order valence-electron chi connectivity index (χ3n) is 4.93. The highest BCUT2D eigenvalue weighted by Gasteiger charge is 2.31. The Morgan fingerprint density at radius 1 is 0.871 bits per heavy atom. The Morgan fingerprint density at radius 3 is 2.23 bits per heavy atom. The lowest BCUT2D eigenvalue weighted by Gasteiger charge is -2.34. The van der Waals surface area contributed by atoms with Crippen molar-refractivity contribution in [3.05, 3.63) is 70.2 Å². The van der Waals surface area contributed by atoms with E-state index in [-0.39, 0.29) is 13.1 Å². The van der Waals surface area contributed by atoms with E-state index < -0.39 is 26.6 Å². The lowest BCUT2D eigenvalue weighted by atomic mass is 10.1. The average molecular weight is 485 g/mol. The van der Waals surface area contributed by atoms with Gasteiger partial charge in [-0.2, -0.15) is 4.31 Å². The molecular weight excluding hydrogens is 469 g/mol. The summed E-state index contributed by atoms with van der Waals surface area (Å²) in [6.07, 6.45) is 0. The lowest BCUT2D eigenvalue weighted by Crippen LogP contribution is -2.49. The molecule has 6 nitrogen and oxygen atoms in total. The van der Waals surface area contributed by atoms with Crippen molar-refractivity contribution in [2.45, 2.75) is 4.90 Å². The molecule has 1 aliphatic rings. The van der Waals surface area contributed by atoms with E-state index in [1.54, 1.807) is 30.3 Å². The molecule has 0 atom stereocenters. The van der Waals surface area contributed by atoms with Crippen LogP contribution in [-0.4, -0.2) is 49.1 Å². The molecule has 1 fully saturated rings. The Hall–Kier alpha value is -2.33. The van der Waals surface area contributed by atoms with Crippen molar-refractivity contribution in [2.24, 2.45) is 0 Å². The van der Waals surface area contributed by atoms with E-state index in [0.717, 1.165) is 12.1 Å². The number of sulfonamides is 1. The summed E-state index contributed by atoms with van der Waals surface area (Å²) < 4.78 is 53.7. The summed E-state index contributed by atoms with van der Waals surface area (Å²) in [5, 5.41) is 9.42. The Bertz CT molecular complexity index is 1220. The molecule has 11 heteroatoms. The van der Waals surface area contributed by atoms with Gasteiger partial charge in [-0.15, -0.1) is 10.2 Å². The largest absolute Gasteiger partial charge is 0.352 e. The zero-order chi connectivity index (χ0) is 22.2. The summed E-state index contributed by atoms with van der Waals surface area (Å²) >= 11 is 12.1. The maximum Gasteiger partial charge on any atom is 0.246 e. The van der Waals surface area contributed by atoms with Crippen molar-refractivity contribution in [2.75, 3.05) is 31.1 Å². The highest BCUT2D eigenvalue weighted by Crippen LogP contribution is 2.29. The fraction of sp³-hybridized carbons (Fsp3) is 0.200. The quantitative estimate of drug-likeness (QED) is 0.553. The summed E-state index contributed by atoms with van der Waals surface area (Å²) in [7, 11) is -4.06. The first kappa shape index (κ1) is 21.9. The van der Waals surface area contributed by atoms with Gasteiger partial charge in [0.25, 0.3) is 0 Å². The molecule has 2 heterocycles. The molecule has 0 saturated carbocycles. The monoisotopic (exact) mass is 484 g/mol. The first-order chi connectivity index (χ1) is 14.8. The Morgan fingerprint density at radius 2 is 1.61 bits per heavy atom. The van der Waals surface area contributed by atoms with Crippen molar-refractivity contribution >= 4 is 39.0 Å². The maximum absolute atomic E-state index is 14.0. The van der Waals surface area contributed by atoms with Crippen LogP contribution >= 0.6 is 23.2 Å². The SMILES string of the molecule is O=S(=O)(c1ccc(F)cc1F)N1CCN(c2ccc(-c3ccc(Cl)cc3Cl)nn2)CC1. The Balaban J connectivity index is 1.46. The number of hydrogen-bond donors (Lipinski definition) is 0. The van der Waals surface area contributed by atoms with Gasteiger partial charge in [-0.25, -0.2) is 17.2 Å². The first-order valence-corrected chi connectivity index (χ1v) is 11.4. The van der Waals surface area contributed by atoms with Crippen molar-refractivity contribution < 1.29 is 17.2 Å².